The van der Waals surface area contributed by atoms with Gasteiger partial charge in [0.2, 0.25) is 0 Å². The minimum atomic E-state index is -3.26. The van der Waals surface area contributed by atoms with E-state index in [1.807, 2.05) is 0 Å². The van der Waals surface area contributed by atoms with Crippen LogP contribution in [0.1, 0.15) is 63.4 Å². The summed E-state index contributed by atoms with van der Waals surface area (Å²) in [4.78, 5) is 0. The molecular formula is C16H23F3O3. The Morgan fingerprint density at radius 1 is 0.909 bits per heavy atom. The van der Waals surface area contributed by atoms with Crippen LogP contribution in [0, 0.1) is 17.5 Å². The Kier molecular flexibility index (Phi) is 7.32. The minimum absolute atomic E-state index is 0.0188. The van der Waals surface area contributed by atoms with Gasteiger partial charge in [0.05, 0.1) is 5.92 Å². The molecule has 0 fully saturated rings. The molecule has 0 aliphatic carbocycles. The fraction of sp³-hybridized carbons (Fsp3) is 0.625. The average molecular weight is 320 g/mol. The van der Waals surface area contributed by atoms with Gasteiger partial charge in [-0.15, -0.1) is 0 Å². The monoisotopic (exact) mass is 320 g/mol. The van der Waals surface area contributed by atoms with Crippen molar-refractivity contribution in [3.05, 3.63) is 35.1 Å². The van der Waals surface area contributed by atoms with Crippen molar-refractivity contribution < 1.29 is 28.5 Å². The van der Waals surface area contributed by atoms with E-state index < -0.39 is 34.9 Å². The summed E-state index contributed by atoms with van der Waals surface area (Å²) in [6.07, 6.45) is 5.32. The smallest absolute Gasteiger partial charge is 0.282 e. The second-order valence-corrected chi connectivity index (χ2v) is 5.58. The number of unbranched alkanes of at least 4 members (excludes halogenated alkanes) is 5. The Balaban J connectivity index is 2.78. The van der Waals surface area contributed by atoms with Crippen LogP contribution in [0.4, 0.5) is 13.2 Å². The highest BCUT2D eigenvalue weighted by molar-refractivity contribution is 5.26. The molecule has 1 rings (SSSR count). The summed E-state index contributed by atoms with van der Waals surface area (Å²) in [5, 5.41) is 28.1. The van der Waals surface area contributed by atoms with Crippen LogP contribution >= 0.6 is 0 Å². The van der Waals surface area contributed by atoms with Crippen LogP contribution in [-0.2, 0) is 0 Å². The van der Waals surface area contributed by atoms with Gasteiger partial charge in [-0.25, -0.2) is 13.2 Å². The van der Waals surface area contributed by atoms with Gasteiger partial charge in [0, 0.05) is 17.7 Å². The molecule has 1 atom stereocenters. The quantitative estimate of drug-likeness (QED) is 0.481. The lowest BCUT2D eigenvalue weighted by atomic mass is 9.89. The summed E-state index contributed by atoms with van der Waals surface area (Å²) in [6, 6.07) is 0.913. The van der Waals surface area contributed by atoms with Crippen molar-refractivity contribution in [2.24, 2.45) is 0 Å². The molecule has 0 radical (unpaired) electrons. The highest BCUT2D eigenvalue weighted by Gasteiger charge is 2.37. The average Bonchev–Trinajstić information content (AvgIpc) is 2.38. The third kappa shape index (κ3) is 5.59. The number of rotatable bonds is 9. The summed E-state index contributed by atoms with van der Waals surface area (Å²) in [5.74, 6) is -8.41. The van der Waals surface area contributed by atoms with Crippen LogP contribution in [0.25, 0.3) is 0 Å². The van der Waals surface area contributed by atoms with E-state index >= 15 is 0 Å². The largest absolute Gasteiger partial charge is 0.343 e. The second kappa shape index (κ2) is 8.50. The van der Waals surface area contributed by atoms with Crippen molar-refractivity contribution in [3.63, 3.8) is 0 Å². The SMILES string of the molecule is CCCCCCCCC(c1c(F)cc(F)cc1F)C(O)(O)O. The van der Waals surface area contributed by atoms with E-state index in [9.17, 15) is 28.5 Å². The van der Waals surface area contributed by atoms with Crippen molar-refractivity contribution in [1.29, 1.82) is 0 Å². The Morgan fingerprint density at radius 3 is 1.91 bits per heavy atom. The molecule has 1 unspecified atom stereocenters. The molecule has 0 bridgehead atoms. The van der Waals surface area contributed by atoms with Crippen LogP contribution in [0.3, 0.4) is 0 Å². The Morgan fingerprint density at radius 2 is 1.41 bits per heavy atom. The van der Waals surface area contributed by atoms with E-state index in [2.05, 4.69) is 6.92 Å². The molecule has 0 aromatic heterocycles. The Labute approximate surface area is 128 Å². The maximum Gasteiger partial charge on any atom is 0.282 e. The fourth-order valence-electron chi connectivity index (χ4n) is 2.55. The molecule has 0 saturated heterocycles. The van der Waals surface area contributed by atoms with Crippen molar-refractivity contribution in [1.82, 2.24) is 0 Å². The second-order valence-electron chi connectivity index (χ2n) is 5.58. The van der Waals surface area contributed by atoms with Gasteiger partial charge < -0.3 is 15.3 Å². The van der Waals surface area contributed by atoms with Crippen LogP contribution in [0.15, 0.2) is 12.1 Å². The summed E-state index contributed by atoms with van der Waals surface area (Å²) >= 11 is 0. The van der Waals surface area contributed by atoms with Crippen molar-refractivity contribution in [2.45, 2.75) is 63.8 Å². The number of halogens is 3. The van der Waals surface area contributed by atoms with Gasteiger partial charge in [-0.05, 0) is 6.42 Å². The molecule has 22 heavy (non-hydrogen) atoms. The van der Waals surface area contributed by atoms with E-state index in [4.69, 9.17) is 0 Å². The van der Waals surface area contributed by atoms with Gasteiger partial charge in [0.15, 0.2) is 0 Å². The van der Waals surface area contributed by atoms with E-state index in [1.165, 1.54) is 0 Å². The zero-order valence-corrected chi connectivity index (χ0v) is 12.7. The first-order valence-corrected chi connectivity index (χ1v) is 7.59. The molecular weight excluding hydrogens is 297 g/mol. The van der Waals surface area contributed by atoms with Gasteiger partial charge in [0.1, 0.15) is 17.5 Å². The molecule has 126 valence electrons. The number of benzene rings is 1. The predicted molar refractivity (Wildman–Crippen MR) is 76.4 cm³/mol. The van der Waals surface area contributed by atoms with Crippen molar-refractivity contribution in [2.75, 3.05) is 0 Å². The first kappa shape index (κ1) is 18.9. The number of hydrogen-bond acceptors (Lipinski definition) is 3. The number of aliphatic hydroxyl groups is 3. The van der Waals surface area contributed by atoms with Gasteiger partial charge in [-0.1, -0.05) is 45.4 Å². The Bertz CT molecular complexity index is 449. The summed E-state index contributed by atoms with van der Waals surface area (Å²) in [5.41, 5.74) is -0.706. The standard InChI is InChI=1S/C16H23F3O3/c1-2-3-4-5-6-7-8-12(16(20,21)22)15-13(18)9-11(17)10-14(15)19/h9-10,12,20-22H,2-8H2,1H3. The number of hydrogen-bond donors (Lipinski definition) is 3. The van der Waals surface area contributed by atoms with E-state index in [0.29, 0.717) is 18.6 Å². The van der Waals surface area contributed by atoms with Crippen LogP contribution in [-0.4, -0.2) is 21.3 Å². The van der Waals surface area contributed by atoms with E-state index in [1.54, 1.807) is 0 Å². The molecule has 1 aromatic rings. The van der Waals surface area contributed by atoms with Crippen molar-refractivity contribution in [3.8, 4) is 0 Å². The van der Waals surface area contributed by atoms with Gasteiger partial charge >= 0.3 is 0 Å². The summed E-state index contributed by atoms with van der Waals surface area (Å²) < 4.78 is 40.4. The molecule has 0 heterocycles. The normalized spacial score (nSPS) is 13.4. The third-order valence-electron chi connectivity index (χ3n) is 3.71. The first-order chi connectivity index (χ1) is 10.3. The van der Waals surface area contributed by atoms with E-state index in [-0.39, 0.29) is 6.42 Å². The molecule has 6 heteroatoms. The van der Waals surface area contributed by atoms with Gasteiger partial charge in [-0.3, -0.25) is 0 Å². The first-order valence-electron chi connectivity index (χ1n) is 7.59. The lowest BCUT2D eigenvalue weighted by molar-refractivity contribution is -0.326. The predicted octanol–water partition coefficient (Wildman–Crippen LogP) is 3.57. The van der Waals surface area contributed by atoms with E-state index in [0.717, 1.165) is 32.1 Å². The summed E-state index contributed by atoms with van der Waals surface area (Å²) in [7, 11) is 0. The van der Waals surface area contributed by atoms with Crippen LogP contribution in [0.2, 0.25) is 0 Å². The zero-order chi connectivity index (χ0) is 16.8. The molecule has 3 nitrogen and oxygen atoms in total. The molecule has 1 aromatic carbocycles. The van der Waals surface area contributed by atoms with Crippen molar-refractivity contribution >= 4 is 0 Å². The van der Waals surface area contributed by atoms with Gasteiger partial charge in [-0.2, -0.15) is 0 Å². The molecule has 0 spiro atoms. The molecule has 0 saturated carbocycles. The topological polar surface area (TPSA) is 60.7 Å². The van der Waals surface area contributed by atoms with Crippen LogP contribution < -0.4 is 0 Å². The lowest BCUT2D eigenvalue weighted by Crippen LogP contribution is -2.36. The fourth-order valence-corrected chi connectivity index (χ4v) is 2.55. The van der Waals surface area contributed by atoms with Crippen LogP contribution in [0.5, 0.6) is 0 Å². The summed E-state index contributed by atoms with van der Waals surface area (Å²) in [6.45, 7) is 2.08. The highest BCUT2D eigenvalue weighted by Crippen LogP contribution is 2.34. The molecule has 0 aliphatic heterocycles. The zero-order valence-electron chi connectivity index (χ0n) is 12.7. The molecule has 3 N–H and O–H groups in total. The lowest BCUT2D eigenvalue weighted by Gasteiger charge is -2.27. The third-order valence-corrected chi connectivity index (χ3v) is 3.71. The highest BCUT2D eigenvalue weighted by atomic mass is 19.1. The molecule has 0 aliphatic rings. The maximum absolute atomic E-state index is 13.8. The minimum Gasteiger partial charge on any atom is -0.343 e. The van der Waals surface area contributed by atoms with Gasteiger partial charge in [0.25, 0.3) is 5.97 Å². The Hall–Kier alpha value is -1.11. The maximum atomic E-state index is 13.8. The molecule has 0 amide bonds.